The number of anilines is 2. The minimum Gasteiger partial charge on any atom is -0.399 e. The second kappa shape index (κ2) is 5.57. The number of benzene rings is 1. The van der Waals surface area contributed by atoms with Crippen LogP contribution in [0.4, 0.5) is 11.4 Å². The fraction of sp³-hybridized carbons (Fsp3) is 0.462. The van der Waals surface area contributed by atoms with Crippen molar-refractivity contribution in [2.24, 2.45) is 5.73 Å². The Kier molecular flexibility index (Phi) is 4.37. The van der Waals surface area contributed by atoms with Gasteiger partial charge in [0, 0.05) is 18.3 Å². The summed E-state index contributed by atoms with van der Waals surface area (Å²) in [4.78, 5) is 13.6. The molecule has 4 N–H and O–H groups in total. The lowest BCUT2D eigenvalue weighted by Gasteiger charge is -2.31. The number of hydrogen-bond donors (Lipinski definition) is 2. The smallest absolute Gasteiger partial charge is 0.250 e. The van der Waals surface area contributed by atoms with Gasteiger partial charge in [0.05, 0.1) is 11.3 Å². The highest BCUT2D eigenvalue weighted by Crippen LogP contribution is 2.25. The largest absolute Gasteiger partial charge is 0.399 e. The molecule has 0 aliphatic carbocycles. The van der Waals surface area contributed by atoms with Gasteiger partial charge in [0.1, 0.15) is 0 Å². The maximum atomic E-state index is 11.4. The molecule has 1 amide bonds. The van der Waals surface area contributed by atoms with Crippen LogP contribution in [0.15, 0.2) is 18.2 Å². The number of nitrogens with zero attached hydrogens (tertiary/aromatic N) is 1. The Morgan fingerprint density at radius 2 is 2.06 bits per heavy atom. The first-order chi connectivity index (χ1) is 8.01. The number of nitrogens with two attached hydrogens (primary N) is 2. The van der Waals surface area contributed by atoms with E-state index in [1.165, 1.54) is 0 Å². The highest BCUT2D eigenvalue weighted by molar-refractivity contribution is 5.99. The van der Waals surface area contributed by atoms with Gasteiger partial charge in [-0.3, -0.25) is 4.79 Å². The third-order valence-electron chi connectivity index (χ3n) is 3.06. The Bertz CT molecular complexity index is 404. The number of carbonyl (C=O) groups is 1. The van der Waals surface area contributed by atoms with Crippen molar-refractivity contribution in [3.63, 3.8) is 0 Å². The van der Waals surface area contributed by atoms with Crippen LogP contribution in [-0.2, 0) is 0 Å². The number of hydrogen-bond acceptors (Lipinski definition) is 3. The molecule has 0 radical (unpaired) electrons. The summed E-state index contributed by atoms with van der Waals surface area (Å²) in [6, 6.07) is 5.56. The lowest BCUT2D eigenvalue weighted by atomic mass is 10.1. The molecule has 0 heterocycles. The molecule has 0 aromatic heterocycles. The maximum absolute atomic E-state index is 11.4. The van der Waals surface area contributed by atoms with Crippen LogP contribution in [0.5, 0.6) is 0 Å². The Balaban J connectivity index is 3.25. The third kappa shape index (κ3) is 2.90. The van der Waals surface area contributed by atoms with Gasteiger partial charge in [0.25, 0.3) is 5.91 Å². The van der Waals surface area contributed by atoms with E-state index in [1.54, 1.807) is 12.1 Å². The van der Waals surface area contributed by atoms with Crippen LogP contribution < -0.4 is 16.4 Å². The van der Waals surface area contributed by atoms with E-state index < -0.39 is 5.91 Å². The molecule has 0 saturated heterocycles. The summed E-state index contributed by atoms with van der Waals surface area (Å²) in [6.45, 7) is 7.11. The van der Waals surface area contributed by atoms with Crippen molar-refractivity contribution in [1.29, 1.82) is 0 Å². The summed E-state index contributed by atoms with van der Waals surface area (Å²) in [5.41, 5.74) is 13.2. The fourth-order valence-electron chi connectivity index (χ4n) is 1.93. The van der Waals surface area contributed by atoms with Crippen molar-refractivity contribution >= 4 is 17.3 Å². The molecule has 1 atom stereocenters. The van der Waals surface area contributed by atoms with Crippen LogP contribution in [0.2, 0.25) is 0 Å². The minimum atomic E-state index is -0.415. The van der Waals surface area contributed by atoms with Crippen molar-refractivity contribution in [2.75, 3.05) is 17.2 Å². The number of amides is 1. The van der Waals surface area contributed by atoms with Crippen LogP contribution in [-0.4, -0.2) is 18.5 Å². The Morgan fingerprint density at radius 1 is 1.41 bits per heavy atom. The van der Waals surface area contributed by atoms with E-state index >= 15 is 0 Å². The minimum absolute atomic E-state index is 0.347. The van der Waals surface area contributed by atoms with Gasteiger partial charge in [-0.15, -0.1) is 0 Å². The first kappa shape index (κ1) is 13.4. The molecule has 94 valence electrons. The Morgan fingerprint density at radius 3 is 2.53 bits per heavy atom. The average Bonchev–Trinajstić information content (AvgIpc) is 2.29. The third-order valence-corrected chi connectivity index (χ3v) is 3.06. The molecule has 17 heavy (non-hydrogen) atoms. The standard InChI is InChI=1S/C13H21N3O/c1-4-9(3)16(5-2)12-8-10(14)6-7-11(12)13(15)17/h6-9H,4-5,14H2,1-3H3,(H2,15,17). The van der Waals surface area contributed by atoms with Crippen LogP contribution in [0.25, 0.3) is 0 Å². The van der Waals surface area contributed by atoms with Crippen LogP contribution in [0.3, 0.4) is 0 Å². The van der Waals surface area contributed by atoms with Gasteiger partial charge >= 0.3 is 0 Å². The van der Waals surface area contributed by atoms with Crippen LogP contribution >= 0.6 is 0 Å². The molecule has 1 unspecified atom stereocenters. The lowest BCUT2D eigenvalue weighted by Crippen LogP contribution is -2.34. The molecule has 4 heteroatoms. The number of nitrogen functional groups attached to an aromatic ring is 1. The van der Waals surface area contributed by atoms with Crippen molar-refractivity contribution in [2.45, 2.75) is 33.2 Å². The molecular weight excluding hydrogens is 214 g/mol. The van der Waals surface area contributed by atoms with E-state index in [0.29, 0.717) is 17.3 Å². The molecule has 0 aliphatic rings. The molecule has 1 aromatic rings. The molecule has 0 aliphatic heterocycles. The number of primary amides is 1. The van der Waals surface area contributed by atoms with Gasteiger partial charge in [0.2, 0.25) is 0 Å². The van der Waals surface area contributed by atoms with Crippen LogP contribution in [0, 0.1) is 0 Å². The van der Waals surface area contributed by atoms with Crippen molar-refractivity contribution in [1.82, 2.24) is 0 Å². The van der Waals surface area contributed by atoms with Crippen LogP contribution in [0.1, 0.15) is 37.6 Å². The highest BCUT2D eigenvalue weighted by Gasteiger charge is 2.17. The number of rotatable bonds is 5. The van der Waals surface area contributed by atoms with Gasteiger partial charge in [-0.1, -0.05) is 6.92 Å². The number of carbonyl (C=O) groups excluding carboxylic acids is 1. The summed E-state index contributed by atoms with van der Waals surface area (Å²) in [6.07, 6.45) is 1.00. The van der Waals surface area contributed by atoms with E-state index in [2.05, 4.69) is 25.7 Å². The second-order valence-electron chi connectivity index (χ2n) is 4.18. The van der Waals surface area contributed by atoms with E-state index in [1.807, 2.05) is 6.07 Å². The van der Waals surface area contributed by atoms with Gasteiger partial charge in [-0.25, -0.2) is 0 Å². The highest BCUT2D eigenvalue weighted by atomic mass is 16.1. The summed E-state index contributed by atoms with van der Waals surface area (Å²) in [7, 11) is 0. The molecule has 0 fully saturated rings. The maximum Gasteiger partial charge on any atom is 0.250 e. The molecule has 4 nitrogen and oxygen atoms in total. The zero-order chi connectivity index (χ0) is 13.0. The SMILES string of the molecule is CCC(C)N(CC)c1cc(N)ccc1C(N)=O. The second-order valence-corrected chi connectivity index (χ2v) is 4.18. The van der Waals surface area contributed by atoms with Gasteiger partial charge in [-0.2, -0.15) is 0 Å². The van der Waals surface area contributed by atoms with E-state index in [-0.39, 0.29) is 0 Å². The zero-order valence-corrected chi connectivity index (χ0v) is 10.7. The van der Waals surface area contributed by atoms with Gasteiger partial charge in [0.15, 0.2) is 0 Å². The Hall–Kier alpha value is -1.71. The zero-order valence-electron chi connectivity index (χ0n) is 10.7. The van der Waals surface area contributed by atoms with Crippen molar-refractivity contribution in [3.05, 3.63) is 23.8 Å². The Labute approximate surface area is 103 Å². The average molecular weight is 235 g/mol. The van der Waals surface area contributed by atoms with E-state index in [9.17, 15) is 4.79 Å². The molecular formula is C13H21N3O. The monoisotopic (exact) mass is 235 g/mol. The first-order valence-electron chi connectivity index (χ1n) is 5.97. The van der Waals surface area contributed by atoms with Crippen molar-refractivity contribution < 1.29 is 4.79 Å². The molecule has 0 saturated carbocycles. The fourth-order valence-corrected chi connectivity index (χ4v) is 1.93. The summed E-state index contributed by atoms with van der Waals surface area (Å²) >= 11 is 0. The summed E-state index contributed by atoms with van der Waals surface area (Å²) in [5.74, 6) is -0.415. The molecule has 1 rings (SSSR count). The molecule has 1 aromatic carbocycles. The van der Waals surface area contributed by atoms with Gasteiger partial charge in [-0.05, 0) is 38.5 Å². The lowest BCUT2D eigenvalue weighted by molar-refractivity contribution is 0.100. The summed E-state index contributed by atoms with van der Waals surface area (Å²) < 4.78 is 0. The topological polar surface area (TPSA) is 72.3 Å². The molecule has 0 bridgehead atoms. The van der Waals surface area contributed by atoms with Gasteiger partial charge < -0.3 is 16.4 Å². The molecule has 0 spiro atoms. The normalized spacial score (nSPS) is 12.2. The predicted molar refractivity (Wildman–Crippen MR) is 72.1 cm³/mol. The quantitative estimate of drug-likeness (QED) is 0.767. The first-order valence-corrected chi connectivity index (χ1v) is 5.97. The van der Waals surface area contributed by atoms with E-state index in [0.717, 1.165) is 18.7 Å². The van der Waals surface area contributed by atoms with Crippen molar-refractivity contribution in [3.8, 4) is 0 Å². The van der Waals surface area contributed by atoms with E-state index in [4.69, 9.17) is 11.5 Å². The summed E-state index contributed by atoms with van der Waals surface area (Å²) in [5, 5.41) is 0. The predicted octanol–water partition coefficient (Wildman–Crippen LogP) is 1.99.